The maximum Gasteiger partial charge on any atom is 0.0991 e. The van der Waals surface area contributed by atoms with E-state index in [2.05, 4.69) is 34.6 Å². The highest BCUT2D eigenvalue weighted by Crippen LogP contribution is 2.59. The van der Waals surface area contributed by atoms with Gasteiger partial charge in [0.1, 0.15) is 0 Å². The van der Waals surface area contributed by atoms with E-state index in [9.17, 15) is 0 Å². The van der Waals surface area contributed by atoms with E-state index in [1.807, 2.05) is 23.3 Å². The van der Waals surface area contributed by atoms with Crippen LogP contribution in [0.4, 0.5) is 0 Å². The second kappa shape index (κ2) is 5.73. The molecule has 1 aromatic carbocycles. The van der Waals surface area contributed by atoms with Crippen LogP contribution < -0.4 is 5.32 Å². The minimum absolute atomic E-state index is 0.630. The normalized spacial score (nSPS) is 33.9. The molecule has 4 aliphatic rings. The first-order valence-corrected chi connectivity index (χ1v) is 9.56. The summed E-state index contributed by atoms with van der Waals surface area (Å²) in [6.07, 6.45) is 14.7. The quantitative estimate of drug-likeness (QED) is 0.895. The molecule has 3 nitrogen and oxygen atoms in total. The second-order valence-electron chi connectivity index (χ2n) is 8.66. The average Bonchev–Trinajstić information content (AvgIpc) is 3.08. The molecule has 4 saturated carbocycles. The summed E-state index contributed by atoms with van der Waals surface area (Å²) >= 11 is 0. The molecule has 0 aliphatic heterocycles. The van der Waals surface area contributed by atoms with Gasteiger partial charge in [0.15, 0.2) is 0 Å². The van der Waals surface area contributed by atoms with Crippen molar-refractivity contribution >= 4 is 0 Å². The Balaban J connectivity index is 1.20. The van der Waals surface area contributed by atoms with E-state index < -0.39 is 0 Å². The van der Waals surface area contributed by atoms with Crippen LogP contribution in [0.2, 0.25) is 0 Å². The smallest absolute Gasteiger partial charge is 0.0991 e. The van der Waals surface area contributed by atoms with Gasteiger partial charge in [0.25, 0.3) is 0 Å². The van der Waals surface area contributed by atoms with Gasteiger partial charge in [0, 0.05) is 31.2 Å². The zero-order valence-electron chi connectivity index (χ0n) is 14.3. The summed E-state index contributed by atoms with van der Waals surface area (Å²) in [4.78, 5) is 4.11. The molecule has 0 atom stereocenters. The number of benzene rings is 1. The zero-order valence-corrected chi connectivity index (χ0v) is 14.3. The number of nitrogens with zero attached hydrogens (tertiary/aromatic N) is 2. The van der Waals surface area contributed by atoms with E-state index in [0.29, 0.717) is 5.41 Å². The van der Waals surface area contributed by atoms with Crippen LogP contribution in [-0.4, -0.2) is 16.1 Å². The Morgan fingerprint density at radius 2 is 1.67 bits per heavy atom. The molecule has 126 valence electrons. The predicted octanol–water partition coefficient (Wildman–Crippen LogP) is 4.18. The fourth-order valence-corrected chi connectivity index (χ4v) is 6.18. The molecule has 2 aromatic rings. The first-order chi connectivity index (χ1) is 11.8. The molecule has 4 fully saturated rings. The van der Waals surface area contributed by atoms with Gasteiger partial charge < -0.3 is 9.88 Å². The third-order valence-electron chi connectivity index (χ3n) is 6.73. The number of imidazole rings is 1. The van der Waals surface area contributed by atoms with Gasteiger partial charge in [0.2, 0.25) is 0 Å². The summed E-state index contributed by atoms with van der Waals surface area (Å²) < 4.78 is 2.05. The van der Waals surface area contributed by atoms with Gasteiger partial charge in [-0.05, 0) is 79.4 Å². The minimum Gasteiger partial charge on any atom is -0.312 e. The van der Waals surface area contributed by atoms with Gasteiger partial charge in [-0.15, -0.1) is 0 Å². The van der Waals surface area contributed by atoms with Crippen LogP contribution in [-0.2, 0) is 6.54 Å². The Morgan fingerprint density at radius 1 is 1.00 bits per heavy atom. The van der Waals surface area contributed by atoms with Crippen molar-refractivity contribution in [3.63, 3.8) is 0 Å². The molecule has 0 unspecified atom stereocenters. The molecule has 1 aromatic heterocycles. The van der Waals surface area contributed by atoms with Crippen LogP contribution in [0.25, 0.3) is 5.69 Å². The largest absolute Gasteiger partial charge is 0.312 e. The van der Waals surface area contributed by atoms with Crippen LogP contribution >= 0.6 is 0 Å². The fourth-order valence-electron chi connectivity index (χ4n) is 6.18. The fraction of sp³-hybridized carbons (Fsp3) is 0.571. The zero-order chi connectivity index (χ0) is 16.0. The van der Waals surface area contributed by atoms with Gasteiger partial charge in [-0.3, -0.25) is 0 Å². The Kier molecular flexibility index (Phi) is 3.51. The molecule has 3 heteroatoms. The number of rotatable bonds is 5. The highest BCUT2D eigenvalue weighted by Gasteiger charge is 2.50. The van der Waals surface area contributed by atoms with E-state index in [1.165, 1.54) is 56.3 Å². The Hall–Kier alpha value is -1.61. The third-order valence-corrected chi connectivity index (χ3v) is 6.73. The summed E-state index contributed by atoms with van der Waals surface area (Å²) in [5.41, 5.74) is 3.19. The number of nitrogens with one attached hydrogen (secondary N) is 1. The van der Waals surface area contributed by atoms with E-state index in [0.717, 1.165) is 24.3 Å². The number of hydrogen-bond acceptors (Lipinski definition) is 2. The van der Waals surface area contributed by atoms with Crippen molar-refractivity contribution in [1.82, 2.24) is 14.9 Å². The topological polar surface area (TPSA) is 29.9 Å². The van der Waals surface area contributed by atoms with Crippen molar-refractivity contribution < 1.29 is 0 Å². The van der Waals surface area contributed by atoms with Crippen LogP contribution in [0.15, 0.2) is 43.0 Å². The van der Waals surface area contributed by atoms with Crippen molar-refractivity contribution in [2.45, 2.75) is 45.1 Å². The van der Waals surface area contributed by atoms with Crippen LogP contribution in [0.1, 0.15) is 44.1 Å². The molecule has 1 heterocycles. The van der Waals surface area contributed by atoms with Crippen LogP contribution in [0.5, 0.6) is 0 Å². The summed E-state index contributed by atoms with van der Waals surface area (Å²) in [5.74, 6) is 3.15. The molecule has 0 spiro atoms. The van der Waals surface area contributed by atoms with Crippen molar-refractivity contribution in [3.05, 3.63) is 48.5 Å². The number of hydrogen-bond donors (Lipinski definition) is 1. The summed E-state index contributed by atoms with van der Waals surface area (Å²) in [5, 5.41) is 3.79. The van der Waals surface area contributed by atoms with Crippen molar-refractivity contribution in [2.75, 3.05) is 6.54 Å². The highest BCUT2D eigenvalue weighted by atomic mass is 15.0. The maximum atomic E-state index is 4.11. The van der Waals surface area contributed by atoms with E-state index in [-0.39, 0.29) is 0 Å². The van der Waals surface area contributed by atoms with Crippen molar-refractivity contribution in [3.8, 4) is 5.69 Å². The van der Waals surface area contributed by atoms with Crippen LogP contribution in [0.3, 0.4) is 0 Å². The van der Waals surface area contributed by atoms with Crippen molar-refractivity contribution in [2.24, 2.45) is 23.2 Å². The first-order valence-electron chi connectivity index (χ1n) is 9.56. The summed E-state index contributed by atoms with van der Waals surface area (Å²) in [6.45, 7) is 2.21. The molecule has 1 N–H and O–H groups in total. The Morgan fingerprint density at radius 3 is 2.25 bits per heavy atom. The minimum atomic E-state index is 0.630. The lowest BCUT2D eigenvalue weighted by atomic mass is 9.49. The summed E-state index contributed by atoms with van der Waals surface area (Å²) in [6, 6.07) is 8.84. The Bertz CT molecular complexity index is 651. The van der Waals surface area contributed by atoms with Gasteiger partial charge >= 0.3 is 0 Å². The SMILES string of the molecule is c1cn(-c2ccc(CNCC34CC5CC(CC(C5)C3)C4)cc2)cn1. The monoisotopic (exact) mass is 321 g/mol. The Labute approximate surface area is 144 Å². The van der Waals surface area contributed by atoms with Gasteiger partial charge in [-0.2, -0.15) is 0 Å². The molecular formula is C21H27N3. The lowest BCUT2D eigenvalue weighted by Gasteiger charge is -2.57. The molecule has 4 aliphatic carbocycles. The lowest BCUT2D eigenvalue weighted by molar-refractivity contribution is -0.0514. The highest BCUT2D eigenvalue weighted by molar-refractivity contribution is 5.34. The molecule has 24 heavy (non-hydrogen) atoms. The van der Waals surface area contributed by atoms with Gasteiger partial charge in [-0.1, -0.05) is 12.1 Å². The molecule has 0 saturated heterocycles. The standard InChI is InChI=1S/C21H27N3/c1-3-20(24-6-5-22-15-24)4-2-16(1)13-23-14-21-10-17-7-18(11-21)9-19(8-17)12-21/h1-6,15,17-19,23H,7-14H2. The predicted molar refractivity (Wildman–Crippen MR) is 95.9 cm³/mol. The van der Waals surface area contributed by atoms with Gasteiger partial charge in [0.05, 0.1) is 6.33 Å². The maximum absolute atomic E-state index is 4.11. The van der Waals surface area contributed by atoms with E-state index >= 15 is 0 Å². The lowest BCUT2D eigenvalue weighted by Crippen LogP contribution is -2.50. The average molecular weight is 321 g/mol. The first kappa shape index (κ1) is 14.7. The molecule has 4 bridgehead atoms. The van der Waals surface area contributed by atoms with Crippen molar-refractivity contribution in [1.29, 1.82) is 0 Å². The van der Waals surface area contributed by atoms with Crippen LogP contribution in [0, 0.1) is 23.2 Å². The second-order valence-corrected chi connectivity index (χ2v) is 8.66. The number of aromatic nitrogens is 2. The third kappa shape index (κ3) is 2.69. The van der Waals surface area contributed by atoms with E-state index in [4.69, 9.17) is 0 Å². The summed E-state index contributed by atoms with van der Waals surface area (Å²) in [7, 11) is 0. The van der Waals surface area contributed by atoms with Gasteiger partial charge in [-0.25, -0.2) is 4.98 Å². The molecule has 6 rings (SSSR count). The molecular weight excluding hydrogens is 294 g/mol. The van der Waals surface area contributed by atoms with E-state index in [1.54, 1.807) is 0 Å². The molecule has 0 radical (unpaired) electrons. The molecule has 0 amide bonds.